The highest BCUT2D eigenvalue weighted by molar-refractivity contribution is 5.94. The minimum atomic E-state index is -0.331. The van der Waals surface area contributed by atoms with Crippen LogP contribution in [0.4, 0.5) is 11.5 Å². The fourth-order valence-corrected chi connectivity index (χ4v) is 3.21. The molecule has 2 N–H and O–H groups in total. The third-order valence-electron chi connectivity index (χ3n) is 4.62. The summed E-state index contributed by atoms with van der Waals surface area (Å²) < 4.78 is 5.43. The van der Waals surface area contributed by atoms with Crippen molar-refractivity contribution in [2.75, 3.05) is 17.2 Å². The van der Waals surface area contributed by atoms with Gasteiger partial charge < -0.3 is 15.4 Å². The van der Waals surface area contributed by atoms with Gasteiger partial charge in [0.15, 0.2) is 0 Å². The van der Waals surface area contributed by atoms with Crippen LogP contribution in [0.2, 0.25) is 0 Å². The normalized spacial score (nSPS) is 16.4. The van der Waals surface area contributed by atoms with Gasteiger partial charge in [0, 0.05) is 18.8 Å². The Morgan fingerprint density at radius 1 is 1.15 bits per heavy atom. The Morgan fingerprint density at radius 3 is 2.74 bits per heavy atom. The second kappa shape index (κ2) is 7.72. The molecule has 3 aromatic rings. The van der Waals surface area contributed by atoms with E-state index < -0.39 is 0 Å². The van der Waals surface area contributed by atoms with Crippen molar-refractivity contribution in [3.05, 3.63) is 59.8 Å². The number of fused-ring (bicyclic) bond motifs is 1. The Hall–Kier alpha value is -2.99. The van der Waals surface area contributed by atoms with Crippen molar-refractivity contribution < 1.29 is 9.53 Å². The van der Waals surface area contributed by atoms with Crippen LogP contribution >= 0.6 is 0 Å². The Kier molecular flexibility index (Phi) is 4.98. The fourth-order valence-electron chi connectivity index (χ4n) is 3.21. The molecule has 0 radical (unpaired) electrons. The number of carbonyl (C=O) groups is 1. The van der Waals surface area contributed by atoms with Crippen LogP contribution in [0.3, 0.4) is 0 Å². The van der Waals surface area contributed by atoms with E-state index in [4.69, 9.17) is 4.74 Å². The van der Waals surface area contributed by atoms with Crippen molar-refractivity contribution in [2.45, 2.75) is 32.4 Å². The summed E-state index contributed by atoms with van der Waals surface area (Å²) in [6.07, 6.45) is 1.39. The third-order valence-corrected chi connectivity index (χ3v) is 4.62. The van der Waals surface area contributed by atoms with Crippen molar-refractivity contribution in [3.8, 4) is 0 Å². The molecule has 1 atom stereocenters. The summed E-state index contributed by atoms with van der Waals surface area (Å²) in [5.74, 6) is 0.691. The minimum absolute atomic E-state index is 0.0751. The van der Waals surface area contributed by atoms with E-state index in [0.717, 1.165) is 46.6 Å². The highest BCUT2D eigenvalue weighted by Crippen LogP contribution is 2.19. The lowest BCUT2D eigenvalue weighted by Crippen LogP contribution is -2.26. The molecule has 0 aliphatic carbocycles. The topological polar surface area (TPSA) is 76.1 Å². The van der Waals surface area contributed by atoms with Crippen molar-refractivity contribution >= 4 is 28.4 Å². The number of hydrogen-bond donors (Lipinski definition) is 2. The van der Waals surface area contributed by atoms with Crippen molar-refractivity contribution in [2.24, 2.45) is 0 Å². The molecule has 2 heterocycles. The van der Waals surface area contributed by atoms with Crippen LogP contribution < -0.4 is 10.6 Å². The molecule has 1 aliphatic rings. The molecule has 1 aromatic heterocycles. The Morgan fingerprint density at radius 2 is 1.96 bits per heavy atom. The summed E-state index contributed by atoms with van der Waals surface area (Å²) in [6, 6.07) is 15.6. The first-order valence-corrected chi connectivity index (χ1v) is 9.18. The van der Waals surface area contributed by atoms with E-state index in [1.54, 1.807) is 0 Å². The number of aryl methyl sites for hydroxylation is 1. The molecule has 6 nitrogen and oxygen atoms in total. The molecule has 1 saturated heterocycles. The monoisotopic (exact) mass is 362 g/mol. The number of para-hydroxylation sites is 2. The lowest BCUT2D eigenvalue weighted by Gasteiger charge is -2.12. The smallest absolute Gasteiger partial charge is 0.253 e. The van der Waals surface area contributed by atoms with Gasteiger partial charge >= 0.3 is 0 Å². The molecule has 6 heteroatoms. The molecule has 27 heavy (non-hydrogen) atoms. The third kappa shape index (κ3) is 4.06. The number of amides is 1. The lowest BCUT2D eigenvalue weighted by molar-refractivity contribution is -0.124. The Labute approximate surface area is 158 Å². The minimum Gasteiger partial charge on any atom is -0.368 e. The quantitative estimate of drug-likeness (QED) is 0.724. The summed E-state index contributed by atoms with van der Waals surface area (Å²) in [7, 11) is 0. The Bertz CT molecular complexity index is 967. The van der Waals surface area contributed by atoms with Gasteiger partial charge in [-0.2, -0.15) is 0 Å². The first-order valence-electron chi connectivity index (χ1n) is 9.18. The standard InChI is InChI=1S/C21H22N4O2/c1-14-20(25-18-9-3-2-8-17(18)23-14)22-13-15-6-4-7-16(12-15)24-21(26)19-10-5-11-27-19/h2-4,6-9,12,19H,5,10-11,13H2,1H3,(H,22,25)(H,24,26)/t19-/m0/s1. The molecule has 2 aromatic carbocycles. The number of anilines is 2. The molecule has 0 spiro atoms. The summed E-state index contributed by atoms with van der Waals surface area (Å²) in [4.78, 5) is 21.5. The van der Waals surface area contributed by atoms with Gasteiger partial charge in [0.2, 0.25) is 0 Å². The van der Waals surface area contributed by atoms with Gasteiger partial charge in [-0.25, -0.2) is 9.97 Å². The molecule has 0 bridgehead atoms. The largest absolute Gasteiger partial charge is 0.368 e. The van der Waals surface area contributed by atoms with Crippen LogP contribution in [0.1, 0.15) is 24.1 Å². The molecule has 138 valence electrons. The maximum Gasteiger partial charge on any atom is 0.253 e. The fraction of sp³-hybridized carbons (Fsp3) is 0.286. The SMILES string of the molecule is Cc1nc2ccccc2nc1NCc1cccc(NC(=O)[C@@H]2CCCO2)c1. The van der Waals surface area contributed by atoms with Crippen LogP contribution in [-0.2, 0) is 16.1 Å². The summed E-state index contributed by atoms with van der Waals surface area (Å²) >= 11 is 0. The molecule has 1 amide bonds. The van der Waals surface area contributed by atoms with Gasteiger partial charge in [-0.3, -0.25) is 4.79 Å². The number of benzene rings is 2. The summed E-state index contributed by atoms with van der Waals surface area (Å²) in [6.45, 7) is 3.20. The van der Waals surface area contributed by atoms with Crippen molar-refractivity contribution in [1.82, 2.24) is 9.97 Å². The summed E-state index contributed by atoms with van der Waals surface area (Å²) in [5, 5.41) is 6.28. The zero-order valence-corrected chi connectivity index (χ0v) is 15.2. The van der Waals surface area contributed by atoms with Crippen LogP contribution in [0.25, 0.3) is 11.0 Å². The number of rotatable bonds is 5. The number of aromatic nitrogens is 2. The van der Waals surface area contributed by atoms with E-state index in [1.807, 2.05) is 55.5 Å². The van der Waals surface area contributed by atoms with Gasteiger partial charge in [-0.1, -0.05) is 24.3 Å². The number of hydrogen-bond acceptors (Lipinski definition) is 5. The van der Waals surface area contributed by atoms with E-state index in [1.165, 1.54) is 0 Å². The molecule has 0 saturated carbocycles. The van der Waals surface area contributed by atoms with Crippen molar-refractivity contribution in [1.29, 1.82) is 0 Å². The van der Waals surface area contributed by atoms with Gasteiger partial charge in [-0.15, -0.1) is 0 Å². The lowest BCUT2D eigenvalue weighted by atomic mass is 10.2. The predicted molar refractivity (Wildman–Crippen MR) is 106 cm³/mol. The second-order valence-corrected chi connectivity index (χ2v) is 6.69. The second-order valence-electron chi connectivity index (χ2n) is 6.69. The maximum atomic E-state index is 12.2. The average Bonchev–Trinajstić information content (AvgIpc) is 3.22. The molecule has 1 aliphatic heterocycles. The Balaban J connectivity index is 1.44. The zero-order chi connectivity index (χ0) is 18.6. The maximum absolute atomic E-state index is 12.2. The molecular formula is C21H22N4O2. The molecule has 0 unspecified atom stereocenters. The first kappa shape index (κ1) is 17.4. The number of nitrogens with one attached hydrogen (secondary N) is 2. The molecule has 1 fully saturated rings. The molecule has 4 rings (SSSR count). The van der Waals surface area contributed by atoms with Gasteiger partial charge in [-0.05, 0) is 49.6 Å². The van der Waals surface area contributed by atoms with E-state index in [9.17, 15) is 4.79 Å². The number of nitrogens with zero attached hydrogens (tertiary/aromatic N) is 2. The van der Waals surface area contributed by atoms with Crippen LogP contribution in [-0.4, -0.2) is 28.6 Å². The highest BCUT2D eigenvalue weighted by atomic mass is 16.5. The van der Waals surface area contributed by atoms with Gasteiger partial charge in [0.05, 0.1) is 16.7 Å². The van der Waals surface area contributed by atoms with Gasteiger partial charge in [0.1, 0.15) is 11.9 Å². The number of ether oxygens (including phenoxy) is 1. The predicted octanol–water partition coefficient (Wildman–Crippen LogP) is 3.67. The van der Waals surface area contributed by atoms with Crippen LogP contribution in [0.5, 0.6) is 0 Å². The zero-order valence-electron chi connectivity index (χ0n) is 15.2. The highest BCUT2D eigenvalue weighted by Gasteiger charge is 2.23. The van der Waals surface area contributed by atoms with Crippen LogP contribution in [0.15, 0.2) is 48.5 Å². The number of carbonyl (C=O) groups excluding carboxylic acids is 1. The van der Waals surface area contributed by atoms with E-state index >= 15 is 0 Å². The van der Waals surface area contributed by atoms with Gasteiger partial charge in [0.25, 0.3) is 5.91 Å². The van der Waals surface area contributed by atoms with E-state index in [2.05, 4.69) is 20.6 Å². The van der Waals surface area contributed by atoms with Crippen molar-refractivity contribution in [3.63, 3.8) is 0 Å². The summed E-state index contributed by atoms with van der Waals surface area (Å²) in [5.41, 5.74) is 4.43. The van der Waals surface area contributed by atoms with Crippen LogP contribution in [0, 0.1) is 6.92 Å². The average molecular weight is 362 g/mol. The first-order chi connectivity index (χ1) is 13.2. The van der Waals surface area contributed by atoms with E-state index in [0.29, 0.717) is 13.2 Å². The van der Waals surface area contributed by atoms with E-state index in [-0.39, 0.29) is 12.0 Å². The molecular weight excluding hydrogens is 340 g/mol.